The van der Waals surface area contributed by atoms with Crippen LogP contribution in [-0.2, 0) is 4.79 Å². The summed E-state index contributed by atoms with van der Waals surface area (Å²) in [6, 6.07) is 21.1. The smallest absolute Gasteiger partial charge is 0.265 e. The van der Waals surface area contributed by atoms with Crippen molar-refractivity contribution in [2.75, 3.05) is 17.7 Å². The highest BCUT2D eigenvalue weighted by molar-refractivity contribution is 9.10. The minimum atomic E-state index is -0.697. The second-order valence-electron chi connectivity index (χ2n) is 6.41. The number of carbonyl (C=O) groups excluding carboxylic acids is 2. The molecule has 30 heavy (non-hydrogen) atoms. The van der Waals surface area contributed by atoms with Crippen LogP contribution in [0, 0.1) is 0 Å². The molecule has 0 aliphatic carbocycles. The number of methoxy groups -OCH3 is 1. The van der Waals surface area contributed by atoms with Gasteiger partial charge in [-0.3, -0.25) is 9.59 Å². The van der Waals surface area contributed by atoms with Crippen LogP contribution in [0.2, 0.25) is 0 Å². The monoisotopic (exact) mass is 468 g/mol. The predicted octanol–water partition coefficient (Wildman–Crippen LogP) is 5.12. The molecule has 0 saturated heterocycles. The first-order chi connectivity index (χ1) is 14.5. The Kier molecular flexibility index (Phi) is 7.08. The molecule has 0 heterocycles. The van der Waals surface area contributed by atoms with Gasteiger partial charge < -0.3 is 20.1 Å². The van der Waals surface area contributed by atoms with Crippen LogP contribution in [0.1, 0.15) is 17.3 Å². The molecule has 154 valence electrons. The number of hydrogen-bond donors (Lipinski definition) is 2. The van der Waals surface area contributed by atoms with Gasteiger partial charge in [-0.1, -0.05) is 24.3 Å². The summed E-state index contributed by atoms with van der Waals surface area (Å²) in [7, 11) is 1.55. The molecule has 0 spiro atoms. The van der Waals surface area contributed by atoms with E-state index >= 15 is 0 Å². The maximum atomic E-state index is 12.5. The molecule has 0 bridgehead atoms. The van der Waals surface area contributed by atoms with Crippen molar-refractivity contribution >= 4 is 39.1 Å². The number of anilines is 2. The van der Waals surface area contributed by atoms with Crippen molar-refractivity contribution < 1.29 is 19.1 Å². The van der Waals surface area contributed by atoms with Gasteiger partial charge in [0.15, 0.2) is 6.10 Å². The van der Waals surface area contributed by atoms with Crippen LogP contribution < -0.4 is 20.1 Å². The SMILES string of the molecule is COc1ccccc1NC(=O)c1ccc(NC(=O)C(C)Oc2ccccc2Br)cc1. The molecule has 0 aliphatic heterocycles. The Morgan fingerprint density at radius 3 is 2.17 bits per heavy atom. The zero-order chi connectivity index (χ0) is 21.5. The van der Waals surface area contributed by atoms with Crippen LogP contribution in [0.5, 0.6) is 11.5 Å². The Bertz CT molecular complexity index is 1040. The summed E-state index contributed by atoms with van der Waals surface area (Å²) in [5, 5.41) is 5.60. The van der Waals surface area contributed by atoms with Gasteiger partial charge in [-0.25, -0.2) is 0 Å². The Morgan fingerprint density at radius 1 is 0.867 bits per heavy atom. The van der Waals surface area contributed by atoms with Gasteiger partial charge in [0.1, 0.15) is 11.5 Å². The van der Waals surface area contributed by atoms with E-state index in [2.05, 4.69) is 26.6 Å². The van der Waals surface area contributed by atoms with Gasteiger partial charge >= 0.3 is 0 Å². The fourth-order valence-electron chi connectivity index (χ4n) is 2.68. The van der Waals surface area contributed by atoms with Crippen molar-refractivity contribution in [3.63, 3.8) is 0 Å². The molecule has 2 N–H and O–H groups in total. The van der Waals surface area contributed by atoms with Gasteiger partial charge in [0.05, 0.1) is 17.3 Å². The van der Waals surface area contributed by atoms with Gasteiger partial charge in [-0.2, -0.15) is 0 Å². The first-order valence-electron chi connectivity index (χ1n) is 9.24. The molecule has 0 fully saturated rings. The fraction of sp³-hybridized carbons (Fsp3) is 0.130. The van der Waals surface area contributed by atoms with Crippen LogP contribution in [0.4, 0.5) is 11.4 Å². The molecule has 0 saturated carbocycles. The van der Waals surface area contributed by atoms with Crippen LogP contribution in [-0.4, -0.2) is 25.0 Å². The van der Waals surface area contributed by atoms with Gasteiger partial charge in [0.25, 0.3) is 11.8 Å². The average Bonchev–Trinajstić information content (AvgIpc) is 2.76. The first-order valence-corrected chi connectivity index (χ1v) is 10.0. The molecule has 3 aromatic carbocycles. The lowest BCUT2D eigenvalue weighted by atomic mass is 10.2. The van der Waals surface area contributed by atoms with Crippen molar-refractivity contribution in [1.82, 2.24) is 0 Å². The Hall–Kier alpha value is -3.32. The lowest BCUT2D eigenvalue weighted by molar-refractivity contribution is -0.122. The summed E-state index contributed by atoms with van der Waals surface area (Å²) in [4.78, 5) is 24.9. The minimum absolute atomic E-state index is 0.275. The summed E-state index contributed by atoms with van der Waals surface area (Å²) in [6.07, 6.45) is -0.697. The highest BCUT2D eigenvalue weighted by Crippen LogP contribution is 2.25. The number of rotatable bonds is 7. The molecule has 7 heteroatoms. The number of nitrogens with one attached hydrogen (secondary N) is 2. The number of amides is 2. The number of halogens is 1. The second kappa shape index (κ2) is 9.93. The van der Waals surface area contributed by atoms with Crippen LogP contribution in [0.15, 0.2) is 77.3 Å². The molecule has 1 unspecified atom stereocenters. The molecule has 2 amide bonds. The molecule has 3 rings (SSSR count). The van der Waals surface area contributed by atoms with E-state index in [0.29, 0.717) is 28.4 Å². The van der Waals surface area contributed by atoms with Gasteiger partial charge in [0, 0.05) is 11.3 Å². The normalized spacial score (nSPS) is 11.3. The first kappa shape index (κ1) is 21.4. The second-order valence-corrected chi connectivity index (χ2v) is 7.27. The minimum Gasteiger partial charge on any atom is -0.495 e. The Labute approximate surface area is 183 Å². The van der Waals surface area contributed by atoms with E-state index in [1.807, 2.05) is 30.3 Å². The van der Waals surface area contributed by atoms with Crippen molar-refractivity contribution in [1.29, 1.82) is 0 Å². The third kappa shape index (κ3) is 5.39. The van der Waals surface area contributed by atoms with E-state index in [1.54, 1.807) is 56.5 Å². The number of hydrogen-bond acceptors (Lipinski definition) is 4. The van der Waals surface area contributed by atoms with E-state index < -0.39 is 6.10 Å². The summed E-state index contributed by atoms with van der Waals surface area (Å²) in [5.41, 5.74) is 1.60. The zero-order valence-corrected chi connectivity index (χ0v) is 18.1. The standard InChI is InChI=1S/C23H21BrN2O4/c1-15(30-20-9-5-3-7-18(20)24)22(27)25-17-13-11-16(12-14-17)23(28)26-19-8-4-6-10-21(19)29-2/h3-15H,1-2H3,(H,25,27)(H,26,28). The van der Waals surface area contributed by atoms with Crippen LogP contribution in [0.25, 0.3) is 0 Å². The highest BCUT2D eigenvalue weighted by Gasteiger charge is 2.16. The fourth-order valence-corrected chi connectivity index (χ4v) is 3.05. The third-order valence-corrected chi connectivity index (χ3v) is 4.93. The van der Waals surface area contributed by atoms with E-state index in [0.717, 1.165) is 4.47 Å². The molecule has 6 nitrogen and oxygen atoms in total. The highest BCUT2D eigenvalue weighted by atomic mass is 79.9. The summed E-state index contributed by atoms with van der Waals surface area (Å²) < 4.78 is 11.7. The topological polar surface area (TPSA) is 76.7 Å². The Balaban J connectivity index is 1.60. The van der Waals surface area contributed by atoms with Crippen LogP contribution >= 0.6 is 15.9 Å². The number of ether oxygens (including phenoxy) is 2. The zero-order valence-electron chi connectivity index (χ0n) is 16.5. The van der Waals surface area contributed by atoms with Crippen molar-refractivity contribution in [3.05, 3.63) is 82.8 Å². The largest absolute Gasteiger partial charge is 0.495 e. The van der Waals surface area contributed by atoms with Gasteiger partial charge in [-0.15, -0.1) is 0 Å². The van der Waals surface area contributed by atoms with Crippen LogP contribution in [0.3, 0.4) is 0 Å². The number of para-hydroxylation sites is 3. The molecule has 0 aromatic heterocycles. The number of carbonyl (C=O) groups is 2. The van der Waals surface area contributed by atoms with Crippen molar-refractivity contribution in [2.45, 2.75) is 13.0 Å². The molecular weight excluding hydrogens is 448 g/mol. The molecule has 1 atom stereocenters. The molecular formula is C23H21BrN2O4. The molecule has 3 aromatic rings. The van der Waals surface area contributed by atoms with Gasteiger partial charge in [-0.05, 0) is 71.4 Å². The maximum Gasteiger partial charge on any atom is 0.265 e. The summed E-state index contributed by atoms with van der Waals surface area (Å²) >= 11 is 3.39. The van der Waals surface area contributed by atoms with E-state index in [4.69, 9.17) is 9.47 Å². The maximum absolute atomic E-state index is 12.5. The van der Waals surface area contributed by atoms with E-state index in [1.165, 1.54) is 0 Å². The van der Waals surface area contributed by atoms with Gasteiger partial charge in [0.2, 0.25) is 0 Å². The Morgan fingerprint density at radius 2 is 1.50 bits per heavy atom. The van der Waals surface area contributed by atoms with E-state index in [9.17, 15) is 9.59 Å². The average molecular weight is 469 g/mol. The molecule has 0 radical (unpaired) electrons. The van der Waals surface area contributed by atoms with E-state index in [-0.39, 0.29) is 11.8 Å². The third-order valence-electron chi connectivity index (χ3n) is 4.28. The van der Waals surface area contributed by atoms with Crippen molar-refractivity contribution in [2.24, 2.45) is 0 Å². The lowest BCUT2D eigenvalue weighted by Gasteiger charge is -2.16. The molecule has 0 aliphatic rings. The van der Waals surface area contributed by atoms with Crippen molar-refractivity contribution in [3.8, 4) is 11.5 Å². The quantitative estimate of drug-likeness (QED) is 0.504. The summed E-state index contributed by atoms with van der Waals surface area (Å²) in [5.74, 6) is 0.595. The number of benzene rings is 3. The predicted molar refractivity (Wildman–Crippen MR) is 120 cm³/mol. The summed E-state index contributed by atoms with van der Waals surface area (Å²) in [6.45, 7) is 1.67. The lowest BCUT2D eigenvalue weighted by Crippen LogP contribution is -2.30.